The highest BCUT2D eigenvalue weighted by Crippen LogP contribution is 2.40. The second-order valence-electron chi connectivity index (χ2n) is 5.71. The summed E-state index contributed by atoms with van der Waals surface area (Å²) in [6.07, 6.45) is 3.39. The SMILES string of the molecule is Cc1n[nH]c(C)c1S(=O)(=O)N1C2CCC1CC(N)C2. The molecule has 3 heterocycles. The molecule has 1 aromatic rings. The van der Waals surface area contributed by atoms with Crippen LogP contribution in [-0.4, -0.2) is 41.0 Å². The minimum absolute atomic E-state index is 0.0625. The topological polar surface area (TPSA) is 92.1 Å². The lowest BCUT2D eigenvalue weighted by atomic mass is 10.0. The predicted octanol–water partition coefficient (Wildman–Crippen LogP) is 0.669. The lowest BCUT2D eigenvalue weighted by Gasteiger charge is -2.36. The molecule has 2 saturated heterocycles. The molecule has 1 aromatic heterocycles. The van der Waals surface area contributed by atoms with Gasteiger partial charge in [-0.1, -0.05) is 0 Å². The minimum atomic E-state index is -3.46. The number of nitrogens with two attached hydrogens (primary N) is 1. The molecule has 106 valence electrons. The summed E-state index contributed by atoms with van der Waals surface area (Å²) >= 11 is 0. The van der Waals surface area contributed by atoms with E-state index in [-0.39, 0.29) is 18.1 Å². The van der Waals surface area contributed by atoms with Gasteiger partial charge in [0.1, 0.15) is 4.90 Å². The molecule has 3 rings (SSSR count). The second kappa shape index (κ2) is 4.29. The van der Waals surface area contributed by atoms with Crippen molar-refractivity contribution in [2.75, 3.05) is 0 Å². The Labute approximate surface area is 113 Å². The van der Waals surface area contributed by atoms with E-state index in [1.165, 1.54) is 0 Å². The van der Waals surface area contributed by atoms with E-state index in [1.54, 1.807) is 18.2 Å². The highest BCUT2D eigenvalue weighted by atomic mass is 32.2. The molecule has 0 saturated carbocycles. The summed E-state index contributed by atoms with van der Waals surface area (Å²) in [6.45, 7) is 3.48. The quantitative estimate of drug-likeness (QED) is 0.835. The molecule has 0 radical (unpaired) electrons. The fourth-order valence-corrected chi connectivity index (χ4v) is 5.82. The second-order valence-corrected chi connectivity index (χ2v) is 7.49. The molecule has 2 aliphatic rings. The molecule has 0 spiro atoms. The standard InChI is InChI=1S/C12H20N4O2S/c1-7-12(8(2)15-14-7)19(17,18)16-10-3-4-11(16)6-9(13)5-10/h9-11H,3-6,13H2,1-2H3,(H,14,15). The van der Waals surface area contributed by atoms with Gasteiger partial charge in [-0.3, -0.25) is 5.10 Å². The lowest BCUT2D eigenvalue weighted by Crippen LogP contribution is -2.50. The molecule has 7 heteroatoms. The predicted molar refractivity (Wildman–Crippen MR) is 71.1 cm³/mol. The molecule has 3 N–H and O–H groups in total. The van der Waals surface area contributed by atoms with Gasteiger partial charge in [0, 0.05) is 18.1 Å². The molecular formula is C12H20N4O2S. The van der Waals surface area contributed by atoms with Gasteiger partial charge in [-0.05, 0) is 39.5 Å². The molecule has 6 nitrogen and oxygen atoms in total. The Kier molecular flexibility index (Phi) is 2.95. The zero-order chi connectivity index (χ0) is 13.8. The van der Waals surface area contributed by atoms with Gasteiger partial charge in [-0.25, -0.2) is 8.42 Å². The van der Waals surface area contributed by atoms with Crippen LogP contribution in [0.15, 0.2) is 4.90 Å². The molecular weight excluding hydrogens is 264 g/mol. The molecule has 2 fully saturated rings. The average Bonchev–Trinajstić information content (AvgIpc) is 2.79. The number of fused-ring (bicyclic) bond motifs is 2. The number of rotatable bonds is 2. The Bertz CT molecular complexity index is 561. The van der Waals surface area contributed by atoms with E-state index in [4.69, 9.17) is 5.73 Å². The summed E-state index contributed by atoms with van der Waals surface area (Å²) < 4.78 is 27.5. The van der Waals surface area contributed by atoms with Crippen molar-refractivity contribution >= 4 is 10.0 Å². The lowest BCUT2D eigenvalue weighted by molar-refractivity contribution is 0.227. The number of sulfonamides is 1. The molecule has 2 aliphatic heterocycles. The Morgan fingerprint density at radius 1 is 1.26 bits per heavy atom. The fraction of sp³-hybridized carbons (Fsp3) is 0.750. The van der Waals surface area contributed by atoms with Gasteiger partial charge < -0.3 is 5.73 Å². The molecule has 2 atom stereocenters. The van der Waals surface area contributed by atoms with E-state index in [2.05, 4.69) is 10.2 Å². The van der Waals surface area contributed by atoms with Crippen LogP contribution in [0.3, 0.4) is 0 Å². The van der Waals surface area contributed by atoms with E-state index >= 15 is 0 Å². The van der Waals surface area contributed by atoms with E-state index in [9.17, 15) is 8.42 Å². The molecule has 2 unspecified atom stereocenters. The number of H-pyrrole nitrogens is 1. The highest BCUT2D eigenvalue weighted by Gasteiger charge is 2.47. The third kappa shape index (κ3) is 1.91. The average molecular weight is 284 g/mol. The monoisotopic (exact) mass is 284 g/mol. The van der Waals surface area contributed by atoms with Gasteiger partial charge in [0.25, 0.3) is 0 Å². The minimum Gasteiger partial charge on any atom is -0.328 e. The van der Waals surface area contributed by atoms with Crippen molar-refractivity contribution in [3.8, 4) is 0 Å². The molecule has 19 heavy (non-hydrogen) atoms. The van der Waals surface area contributed by atoms with Crippen molar-refractivity contribution in [1.29, 1.82) is 0 Å². The van der Waals surface area contributed by atoms with Gasteiger partial charge in [-0.15, -0.1) is 0 Å². The van der Waals surface area contributed by atoms with Crippen LogP contribution in [-0.2, 0) is 10.0 Å². The molecule has 0 amide bonds. The van der Waals surface area contributed by atoms with Crippen LogP contribution in [0.1, 0.15) is 37.1 Å². The Hall–Kier alpha value is -0.920. The van der Waals surface area contributed by atoms with E-state index in [0.29, 0.717) is 16.3 Å². The van der Waals surface area contributed by atoms with Crippen LogP contribution >= 0.6 is 0 Å². The fourth-order valence-electron chi connectivity index (χ4n) is 3.59. The summed E-state index contributed by atoms with van der Waals surface area (Å²) in [5.74, 6) is 0. The number of nitrogens with zero attached hydrogens (tertiary/aromatic N) is 2. The highest BCUT2D eigenvalue weighted by molar-refractivity contribution is 7.89. The third-order valence-electron chi connectivity index (χ3n) is 4.30. The van der Waals surface area contributed by atoms with Crippen molar-refractivity contribution in [2.45, 2.75) is 62.6 Å². The van der Waals surface area contributed by atoms with Crippen LogP contribution < -0.4 is 5.73 Å². The first-order chi connectivity index (χ1) is 8.91. The van der Waals surface area contributed by atoms with Crippen LogP contribution in [0, 0.1) is 13.8 Å². The largest absolute Gasteiger partial charge is 0.328 e. The van der Waals surface area contributed by atoms with Crippen LogP contribution in [0.2, 0.25) is 0 Å². The maximum Gasteiger partial charge on any atom is 0.247 e. The number of hydrogen-bond donors (Lipinski definition) is 2. The number of aromatic amines is 1. The number of nitrogens with one attached hydrogen (secondary N) is 1. The molecule has 0 aliphatic carbocycles. The van der Waals surface area contributed by atoms with E-state index in [0.717, 1.165) is 25.7 Å². The maximum absolute atomic E-state index is 12.9. The first-order valence-corrected chi connectivity index (χ1v) is 8.16. The summed E-state index contributed by atoms with van der Waals surface area (Å²) in [4.78, 5) is 0.347. The number of aromatic nitrogens is 2. The zero-order valence-electron chi connectivity index (χ0n) is 11.3. The molecule has 0 aromatic carbocycles. The van der Waals surface area contributed by atoms with Gasteiger partial charge in [-0.2, -0.15) is 9.40 Å². The summed E-state index contributed by atoms with van der Waals surface area (Å²) in [7, 11) is -3.46. The van der Waals surface area contributed by atoms with Crippen molar-refractivity contribution in [3.05, 3.63) is 11.4 Å². The normalized spacial score (nSPS) is 31.8. The number of hydrogen-bond acceptors (Lipinski definition) is 4. The van der Waals surface area contributed by atoms with Crippen molar-refractivity contribution < 1.29 is 8.42 Å². The van der Waals surface area contributed by atoms with Gasteiger partial charge >= 0.3 is 0 Å². The number of aryl methyl sites for hydroxylation is 2. The number of piperidine rings is 1. The summed E-state index contributed by atoms with van der Waals surface area (Å²) in [5, 5.41) is 6.77. The van der Waals surface area contributed by atoms with Crippen molar-refractivity contribution in [2.24, 2.45) is 5.73 Å². The summed E-state index contributed by atoms with van der Waals surface area (Å²) in [6, 6.07) is 0.260. The van der Waals surface area contributed by atoms with Crippen LogP contribution in [0.5, 0.6) is 0 Å². The Balaban J connectivity index is 2.03. The third-order valence-corrected chi connectivity index (χ3v) is 6.57. The first kappa shape index (κ1) is 13.1. The Morgan fingerprint density at radius 2 is 1.84 bits per heavy atom. The van der Waals surface area contributed by atoms with Crippen LogP contribution in [0.4, 0.5) is 0 Å². The Morgan fingerprint density at radius 3 is 2.32 bits per heavy atom. The van der Waals surface area contributed by atoms with Crippen molar-refractivity contribution in [3.63, 3.8) is 0 Å². The van der Waals surface area contributed by atoms with E-state index in [1.807, 2.05) is 0 Å². The van der Waals surface area contributed by atoms with Gasteiger partial charge in [0.05, 0.1) is 11.4 Å². The van der Waals surface area contributed by atoms with E-state index < -0.39 is 10.0 Å². The smallest absolute Gasteiger partial charge is 0.247 e. The summed E-state index contributed by atoms with van der Waals surface area (Å²) in [5.41, 5.74) is 7.16. The maximum atomic E-state index is 12.9. The van der Waals surface area contributed by atoms with Crippen LogP contribution in [0.25, 0.3) is 0 Å². The molecule has 2 bridgehead atoms. The van der Waals surface area contributed by atoms with Gasteiger partial charge in [0.2, 0.25) is 10.0 Å². The first-order valence-electron chi connectivity index (χ1n) is 6.72. The zero-order valence-corrected chi connectivity index (χ0v) is 12.1. The van der Waals surface area contributed by atoms with Crippen molar-refractivity contribution in [1.82, 2.24) is 14.5 Å². The van der Waals surface area contributed by atoms with Gasteiger partial charge in [0.15, 0.2) is 0 Å².